The summed E-state index contributed by atoms with van der Waals surface area (Å²) in [5.74, 6) is -0.378. The maximum absolute atomic E-state index is 13.7. The van der Waals surface area contributed by atoms with Crippen LogP contribution < -0.4 is 10.5 Å². The van der Waals surface area contributed by atoms with Crippen molar-refractivity contribution in [1.29, 1.82) is 0 Å². The van der Waals surface area contributed by atoms with E-state index in [0.29, 0.717) is 17.3 Å². The molecule has 0 saturated carbocycles. The molecule has 3 heterocycles. The van der Waals surface area contributed by atoms with Crippen molar-refractivity contribution in [3.8, 4) is 0 Å². The predicted molar refractivity (Wildman–Crippen MR) is 135 cm³/mol. The molecule has 0 atom stereocenters. The Bertz CT molecular complexity index is 1370. The molecule has 0 N–H and O–H groups in total. The van der Waals surface area contributed by atoms with Gasteiger partial charge in [-0.15, -0.1) is 0 Å². The van der Waals surface area contributed by atoms with E-state index in [2.05, 4.69) is 24.0 Å². The van der Waals surface area contributed by atoms with E-state index in [-0.39, 0.29) is 11.5 Å². The van der Waals surface area contributed by atoms with E-state index < -0.39 is 5.63 Å². The first kappa shape index (κ1) is 22.7. The van der Waals surface area contributed by atoms with Crippen LogP contribution in [0.25, 0.3) is 21.2 Å². The molecule has 34 heavy (non-hydrogen) atoms. The van der Waals surface area contributed by atoms with Gasteiger partial charge in [-0.1, -0.05) is 42.5 Å². The summed E-state index contributed by atoms with van der Waals surface area (Å²) in [7, 11) is 0. The number of hydrogen-bond donors (Lipinski definition) is 0. The first-order chi connectivity index (χ1) is 16.6. The van der Waals surface area contributed by atoms with Gasteiger partial charge in [-0.05, 0) is 42.7 Å². The predicted octanol–water partition coefficient (Wildman–Crippen LogP) is 4.33. The van der Waals surface area contributed by atoms with Gasteiger partial charge < -0.3 is 9.15 Å². The molecule has 2 aromatic carbocycles. The number of benzene rings is 2. The van der Waals surface area contributed by atoms with E-state index in [0.717, 1.165) is 61.3 Å². The van der Waals surface area contributed by atoms with Crippen LogP contribution in [0.15, 0.2) is 57.7 Å². The standard InChI is InChI=1S/C26H27N3O4S/c1-2-18-8-9-21-23(16-18)34-26(27-21)29(11-5-10-28-12-14-32-15-13-28)24(30)20-17-19-6-3-4-7-22(19)33-25(20)31/h3-4,6-9,16-17H,2,5,10-15H2,1H3. The summed E-state index contributed by atoms with van der Waals surface area (Å²) in [6.45, 7) is 6.68. The Kier molecular flexibility index (Phi) is 6.71. The zero-order valence-corrected chi connectivity index (χ0v) is 20.0. The van der Waals surface area contributed by atoms with Crippen LogP contribution in [-0.4, -0.2) is 55.2 Å². The molecule has 176 valence electrons. The number of fused-ring (bicyclic) bond motifs is 2. The highest BCUT2D eigenvalue weighted by molar-refractivity contribution is 7.22. The van der Waals surface area contributed by atoms with Gasteiger partial charge in [0, 0.05) is 31.6 Å². The van der Waals surface area contributed by atoms with Crippen LogP contribution in [0.3, 0.4) is 0 Å². The molecule has 1 aliphatic heterocycles. The number of carbonyl (C=O) groups excluding carboxylic acids is 1. The van der Waals surface area contributed by atoms with Gasteiger partial charge in [0.05, 0.1) is 23.4 Å². The largest absolute Gasteiger partial charge is 0.422 e. The number of anilines is 1. The lowest BCUT2D eigenvalue weighted by molar-refractivity contribution is 0.0376. The monoisotopic (exact) mass is 477 g/mol. The zero-order valence-electron chi connectivity index (χ0n) is 19.2. The first-order valence-electron chi connectivity index (χ1n) is 11.7. The molecule has 4 aromatic rings. The SMILES string of the molecule is CCc1ccc2nc(N(CCCN3CCOCC3)C(=O)c3cc4ccccc4oc3=O)sc2c1. The minimum atomic E-state index is -0.628. The number of thiazole rings is 1. The van der Waals surface area contributed by atoms with Crippen molar-refractivity contribution in [2.45, 2.75) is 19.8 Å². The molecular weight excluding hydrogens is 450 g/mol. The minimum Gasteiger partial charge on any atom is -0.422 e. The fourth-order valence-electron chi connectivity index (χ4n) is 4.21. The number of para-hydroxylation sites is 1. The van der Waals surface area contributed by atoms with Crippen molar-refractivity contribution in [2.24, 2.45) is 0 Å². The lowest BCUT2D eigenvalue weighted by atomic mass is 10.1. The lowest BCUT2D eigenvalue weighted by Gasteiger charge is -2.27. The van der Waals surface area contributed by atoms with Crippen LogP contribution in [0.5, 0.6) is 0 Å². The average Bonchev–Trinajstić information content (AvgIpc) is 3.29. The molecule has 1 amide bonds. The molecule has 1 aliphatic rings. The van der Waals surface area contributed by atoms with Gasteiger partial charge in [-0.3, -0.25) is 14.6 Å². The number of ether oxygens (including phenoxy) is 1. The van der Waals surface area contributed by atoms with Gasteiger partial charge in [0.1, 0.15) is 11.1 Å². The second-order valence-electron chi connectivity index (χ2n) is 8.40. The molecule has 8 heteroatoms. The third kappa shape index (κ3) is 4.75. The maximum Gasteiger partial charge on any atom is 0.349 e. The van der Waals surface area contributed by atoms with Crippen LogP contribution >= 0.6 is 11.3 Å². The Morgan fingerprint density at radius 1 is 1.15 bits per heavy atom. The van der Waals surface area contributed by atoms with Gasteiger partial charge in [-0.2, -0.15) is 0 Å². The first-order valence-corrected chi connectivity index (χ1v) is 12.5. The highest BCUT2D eigenvalue weighted by Crippen LogP contribution is 2.31. The molecule has 1 saturated heterocycles. The molecule has 0 aliphatic carbocycles. The van der Waals surface area contributed by atoms with Crippen molar-refractivity contribution in [2.75, 3.05) is 44.3 Å². The highest BCUT2D eigenvalue weighted by atomic mass is 32.1. The van der Waals surface area contributed by atoms with Crippen molar-refractivity contribution in [3.63, 3.8) is 0 Å². The summed E-state index contributed by atoms with van der Waals surface area (Å²) in [6, 6.07) is 15.0. The van der Waals surface area contributed by atoms with Gasteiger partial charge in [0.25, 0.3) is 5.91 Å². The van der Waals surface area contributed by atoms with Crippen LogP contribution in [0.1, 0.15) is 29.3 Å². The van der Waals surface area contributed by atoms with E-state index in [1.54, 1.807) is 23.1 Å². The van der Waals surface area contributed by atoms with Crippen LogP contribution in [-0.2, 0) is 11.2 Å². The Morgan fingerprint density at radius 3 is 2.79 bits per heavy atom. The number of amides is 1. The third-order valence-electron chi connectivity index (χ3n) is 6.16. The van der Waals surface area contributed by atoms with Crippen LogP contribution in [0, 0.1) is 0 Å². The van der Waals surface area contributed by atoms with Crippen molar-refractivity contribution in [1.82, 2.24) is 9.88 Å². The molecule has 0 spiro atoms. The Labute approximate surface area is 201 Å². The van der Waals surface area contributed by atoms with Crippen LogP contribution in [0.4, 0.5) is 5.13 Å². The minimum absolute atomic E-state index is 0.0265. The van der Waals surface area contributed by atoms with E-state index in [4.69, 9.17) is 14.1 Å². The number of rotatable bonds is 7. The summed E-state index contributed by atoms with van der Waals surface area (Å²) in [4.78, 5) is 35.1. The Hall–Kier alpha value is -3.07. The quantitative estimate of drug-likeness (QED) is 0.369. The number of aromatic nitrogens is 1. The van der Waals surface area contributed by atoms with Crippen molar-refractivity contribution in [3.05, 3.63) is 70.1 Å². The second-order valence-corrected chi connectivity index (χ2v) is 9.41. The second kappa shape index (κ2) is 10.0. The van der Waals surface area contributed by atoms with E-state index in [1.807, 2.05) is 18.2 Å². The molecule has 7 nitrogen and oxygen atoms in total. The number of aryl methyl sites for hydroxylation is 1. The number of carbonyl (C=O) groups is 1. The van der Waals surface area contributed by atoms with Gasteiger partial charge in [0.2, 0.25) is 0 Å². The smallest absolute Gasteiger partial charge is 0.349 e. The fourth-order valence-corrected chi connectivity index (χ4v) is 5.26. The van der Waals surface area contributed by atoms with Crippen molar-refractivity contribution >= 4 is 43.6 Å². The third-order valence-corrected chi connectivity index (χ3v) is 7.20. The topological polar surface area (TPSA) is 75.9 Å². The fraction of sp³-hybridized carbons (Fsp3) is 0.346. The van der Waals surface area contributed by atoms with E-state index >= 15 is 0 Å². The molecular formula is C26H27N3O4S. The normalized spacial score (nSPS) is 14.6. The summed E-state index contributed by atoms with van der Waals surface area (Å²) in [5.41, 5.74) is 1.95. The summed E-state index contributed by atoms with van der Waals surface area (Å²) >= 11 is 1.48. The Balaban J connectivity index is 1.47. The van der Waals surface area contributed by atoms with Crippen molar-refractivity contribution < 1.29 is 13.9 Å². The van der Waals surface area contributed by atoms with Gasteiger partial charge >= 0.3 is 5.63 Å². The number of morpholine rings is 1. The molecule has 0 bridgehead atoms. The number of nitrogens with zero attached hydrogens (tertiary/aromatic N) is 3. The van der Waals surface area contributed by atoms with Gasteiger partial charge in [-0.25, -0.2) is 9.78 Å². The molecule has 2 aromatic heterocycles. The number of hydrogen-bond acceptors (Lipinski definition) is 7. The maximum atomic E-state index is 13.7. The van der Waals surface area contributed by atoms with E-state index in [1.165, 1.54) is 16.9 Å². The highest BCUT2D eigenvalue weighted by Gasteiger charge is 2.25. The van der Waals surface area contributed by atoms with E-state index in [9.17, 15) is 9.59 Å². The van der Waals surface area contributed by atoms with Crippen LogP contribution in [0.2, 0.25) is 0 Å². The Morgan fingerprint density at radius 2 is 1.97 bits per heavy atom. The summed E-state index contributed by atoms with van der Waals surface area (Å²) in [5, 5.41) is 1.32. The summed E-state index contributed by atoms with van der Waals surface area (Å²) in [6.07, 6.45) is 1.70. The molecule has 0 radical (unpaired) electrons. The zero-order chi connectivity index (χ0) is 23.5. The molecule has 5 rings (SSSR count). The molecule has 1 fully saturated rings. The summed E-state index contributed by atoms with van der Waals surface area (Å²) < 4.78 is 11.9. The molecule has 0 unspecified atom stereocenters. The van der Waals surface area contributed by atoms with Gasteiger partial charge in [0.15, 0.2) is 5.13 Å². The average molecular weight is 478 g/mol. The lowest BCUT2D eigenvalue weighted by Crippen LogP contribution is -2.40.